The smallest absolute Gasteiger partial charge is 0.407 e. The van der Waals surface area contributed by atoms with E-state index in [1.165, 1.54) is 13.8 Å². The summed E-state index contributed by atoms with van der Waals surface area (Å²) in [4.78, 5) is 156. The van der Waals surface area contributed by atoms with Crippen LogP contribution in [0.5, 0.6) is 0 Å². The van der Waals surface area contributed by atoms with Gasteiger partial charge in [0.05, 0.1) is 12.7 Å². The molecule has 1 aromatic heterocycles. The van der Waals surface area contributed by atoms with Crippen molar-refractivity contribution < 1.29 is 76.9 Å². The fourth-order valence-electron chi connectivity index (χ4n) is 7.94. The molecule has 0 bridgehead atoms. The molecule has 2 aromatic rings. The van der Waals surface area contributed by atoms with Crippen LogP contribution in [-0.4, -0.2) is 178 Å². The average Bonchev–Trinajstić information content (AvgIpc) is 3.88. The number of nitrogens with one attached hydrogen (secondary N) is 11. The molecule has 0 aliphatic carbocycles. The highest BCUT2D eigenvalue weighted by atomic mass is 16.6. The summed E-state index contributed by atoms with van der Waals surface area (Å²) in [6, 6.07) is -3.98. The number of aliphatic hydroxyl groups excluding tert-OH is 2. The van der Waals surface area contributed by atoms with Gasteiger partial charge >= 0.3 is 12.2 Å². The van der Waals surface area contributed by atoms with Gasteiger partial charge in [-0.05, 0) is 92.1 Å². The maximum atomic E-state index is 14.6. The molecule has 1 aliphatic heterocycles. The Morgan fingerprint density at radius 1 is 0.695 bits per heavy atom. The van der Waals surface area contributed by atoms with E-state index in [0.29, 0.717) is 12.0 Å². The van der Waals surface area contributed by atoms with Crippen LogP contribution in [0.15, 0.2) is 34.9 Å². The second-order valence-electron chi connectivity index (χ2n) is 22.1. The van der Waals surface area contributed by atoms with Crippen molar-refractivity contribution in [2.45, 2.75) is 187 Å². The SMILES string of the molecule is CCC[C@@H]1NC(=O)[C@@H](NC(=O)[C@@H](CO)NC(=O)c2noc(C)n2)CCNC(=O)[C@H]([C@@H](C)O)NC(=O)[C@H](CCNC(=O)OC(C)(C)C)NC(=O)[C@H](CCNC(=O)OC(C)(C)C)NC(=O)[C@H](CC(C)C)NC(=O)[C@@H](Cc2ccccc2)NC1=O. The number of rotatable bonds is 18. The lowest BCUT2D eigenvalue weighted by Crippen LogP contribution is -2.61. The van der Waals surface area contributed by atoms with Crippen molar-refractivity contribution in [3.05, 3.63) is 47.6 Å². The molecule has 9 atom stereocenters. The number of carbonyl (C=O) groups is 11. The van der Waals surface area contributed by atoms with Crippen molar-refractivity contribution in [1.82, 2.24) is 68.6 Å². The summed E-state index contributed by atoms with van der Waals surface area (Å²) in [5.41, 5.74) is -1.25. The van der Waals surface area contributed by atoms with E-state index in [1.807, 2.05) is 0 Å². The third-order valence-corrected chi connectivity index (χ3v) is 11.9. The largest absolute Gasteiger partial charge is 0.444 e. The third-order valence-electron chi connectivity index (χ3n) is 11.9. The second kappa shape index (κ2) is 32.5. The molecular formula is C53H83N13O16. The summed E-state index contributed by atoms with van der Waals surface area (Å²) >= 11 is 0. The van der Waals surface area contributed by atoms with Crippen LogP contribution in [0.2, 0.25) is 0 Å². The fourth-order valence-corrected chi connectivity index (χ4v) is 7.94. The van der Waals surface area contributed by atoms with E-state index in [1.54, 1.807) is 92.6 Å². The number of hydrogen-bond acceptors (Lipinski definition) is 18. The zero-order valence-electron chi connectivity index (χ0n) is 48.4. The number of aryl methyl sites for hydroxylation is 1. The molecule has 0 radical (unpaired) electrons. The van der Waals surface area contributed by atoms with E-state index in [2.05, 4.69) is 68.6 Å². The van der Waals surface area contributed by atoms with E-state index >= 15 is 0 Å². The van der Waals surface area contributed by atoms with E-state index in [0.717, 1.165) is 0 Å². The number of aliphatic hydroxyl groups is 2. The number of aromatic nitrogens is 2. The Morgan fingerprint density at radius 3 is 1.67 bits per heavy atom. The topological polar surface area (TPSA) is 418 Å². The van der Waals surface area contributed by atoms with Gasteiger partial charge in [-0.1, -0.05) is 62.7 Å². The van der Waals surface area contributed by atoms with Gasteiger partial charge in [0.2, 0.25) is 53.1 Å². The Labute approximate surface area is 476 Å². The minimum atomic E-state index is -1.77. The quantitative estimate of drug-likeness (QED) is 0.0823. The highest BCUT2D eigenvalue weighted by Crippen LogP contribution is 2.13. The average molecular weight is 1160 g/mol. The van der Waals surface area contributed by atoms with Gasteiger partial charge in [0.25, 0.3) is 11.7 Å². The van der Waals surface area contributed by atoms with Crippen LogP contribution in [0.4, 0.5) is 9.59 Å². The Bertz CT molecular complexity index is 2510. The first-order valence-electron chi connectivity index (χ1n) is 27.2. The van der Waals surface area contributed by atoms with E-state index in [9.17, 15) is 63.0 Å². The summed E-state index contributed by atoms with van der Waals surface area (Å²) in [5.74, 6) is -9.55. The molecule has 13 N–H and O–H groups in total. The lowest BCUT2D eigenvalue weighted by Gasteiger charge is -2.29. The number of benzene rings is 1. The van der Waals surface area contributed by atoms with Gasteiger partial charge in [-0.25, -0.2) is 9.59 Å². The molecule has 82 heavy (non-hydrogen) atoms. The van der Waals surface area contributed by atoms with Crippen molar-refractivity contribution in [1.29, 1.82) is 0 Å². The van der Waals surface area contributed by atoms with Gasteiger partial charge in [0.15, 0.2) is 0 Å². The van der Waals surface area contributed by atoms with Crippen molar-refractivity contribution in [2.24, 2.45) is 5.92 Å². The van der Waals surface area contributed by atoms with Crippen molar-refractivity contribution >= 4 is 65.4 Å². The normalized spacial score (nSPS) is 22.0. The second-order valence-corrected chi connectivity index (χ2v) is 22.1. The molecular weight excluding hydrogens is 1070 g/mol. The lowest BCUT2D eigenvalue weighted by atomic mass is 10.00. The van der Waals surface area contributed by atoms with Crippen LogP contribution in [0.1, 0.15) is 130 Å². The Morgan fingerprint density at radius 2 is 1.18 bits per heavy atom. The fraction of sp³-hybridized carbons (Fsp3) is 0.642. The molecule has 11 amide bonds. The predicted octanol–water partition coefficient (Wildman–Crippen LogP) is -1.32. The zero-order valence-corrected chi connectivity index (χ0v) is 48.4. The number of amides is 11. The molecule has 0 unspecified atom stereocenters. The molecule has 29 heteroatoms. The molecule has 1 saturated heterocycles. The molecule has 29 nitrogen and oxygen atoms in total. The molecule has 1 aliphatic rings. The highest BCUT2D eigenvalue weighted by Gasteiger charge is 2.37. The highest BCUT2D eigenvalue weighted by molar-refractivity contribution is 5.99. The number of alkyl carbamates (subject to hydrolysis) is 2. The summed E-state index contributed by atoms with van der Waals surface area (Å²) in [6.07, 6.45) is -4.40. The minimum Gasteiger partial charge on any atom is -0.444 e. The van der Waals surface area contributed by atoms with E-state index in [-0.39, 0.29) is 57.0 Å². The van der Waals surface area contributed by atoms with Gasteiger partial charge in [-0.2, -0.15) is 4.98 Å². The molecule has 456 valence electrons. The molecule has 3 rings (SSSR count). The van der Waals surface area contributed by atoms with Gasteiger partial charge in [0, 0.05) is 33.0 Å². The third kappa shape index (κ3) is 24.4. The zero-order chi connectivity index (χ0) is 61.5. The Kier molecular flexibility index (Phi) is 27.1. The number of nitrogens with zero attached hydrogens (tertiary/aromatic N) is 2. The summed E-state index contributed by atoms with van der Waals surface area (Å²) in [5, 5.41) is 52.4. The van der Waals surface area contributed by atoms with E-state index in [4.69, 9.17) is 14.0 Å². The van der Waals surface area contributed by atoms with Crippen LogP contribution in [0.25, 0.3) is 0 Å². The monoisotopic (exact) mass is 1160 g/mol. The molecule has 0 saturated carbocycles. The van der Waals surface area contributed by atoms with Crippen LogP contribution < -0.4 is 58.5 Å². The first-order valence-corrected chi connectivity index (χ1v) is 27.2. The standard InChI is InChI=1S/C53H83N13O16/c1-12-16-32-41(69)63-37(26-31-17-14-13-15-18-31)46(74)62-36(25-28(2)3)45(73)60-34(20-23-55-50(78)80-52(6,7)8)43(71)59-35(21-24-56-51(79)81-53(9,10)11)44(72)65-39(29(4)68)48(76)54-22-19-33(42(70)58-32)61-47(75)38(27-67)64-49(77)40-57-30(5)82-66-40/h13-15,17-18,28-29,32-39,67-68H,12,16,19-27H2,1-11H3,(H,54,76)(H,55,78)(H,56,79)(H,58,70)(H,59,71)(H,60,73)(H,61,75)(H,62,74)(H,63,69)(H,64,77)(H,65,72)/t29-,32+,33+,34+,35+,36+,37-,38-,39+/m1/s1. The predicted molar refractivity (Wildman–Crippen MR) is 292 cm³/mol. The Hall–Kier alpha value is -7.95. The van der Waals surface area contributed by atoms with Crippen LogP contribution in [-0.2, 0) is 54.3 Å². The van der Waals surface area contributed by atoms with Crippen LogP contribution in [0.3, 0.4) is 0 Å². The molecule has 0 spiro atoms. The number of hydrogen-bond donors (Lipinski definition) is 13. The Balaban J connectivity index is 2.20. The van der Waals surface area contributed by atoms with E-state index < -0.39 is 156 Å². The van der Waals surface area contributed by atoms with Crippen molar-refractivity contribution in [2.75, 3.05) is 26.2 Å². The minimum absolute atomic E-state index is 0.0164. The number of carbonyl (C=O) groups excluding carboxylic acids is 11. The first kappa shape index (κ1) is 68.3. The molecule has 1 aromatic carbocycles. The summed E-state index contributed by atoms with van der Waals surface area (Å²) < 4.78 is 15.5. The van der Waals surface area contributed by atoms with Crippen LogP contribution >= 0.6 is 0 Å². The maximum Gasteiger partial charge on any atom is 0.407 e. The molecule has 2 heterocycles. The van der Waals surface area contributed by atoms with Crippen LogP contribution in [0, 0.1) is 12.8 Å². The lowest BCUT2D eigenvalue weighted by molar-refractivity contribution is -0.136. The summed E-state index contributed by atoms with van der Waals surface area (Å²) in [6.45, 7) is 15.5. The maximum absolute atomic E-state index is 14.6. The van der Waals surface area contributed by atoms with Crippen molar-refractivity contribution in [3.8, 4) is 0 Å². The molecule has 1 fully saturated rings. The van der Waals surface area contributed by atoms with Crippen molar-refractivity contribution in [3.63, 3.8) is 0 Å². The van der Waals surface area contributed by atoms with Gasteiger partial charge in [0.1, 0.15) is 59.5 Å². The van der Waals surface area contributed by atoms with Gasteiger partial charge in [-0.15, -0.1) is 0 Å². The number of ether oxygens (including phenoxy) is 2. The first-order chi connectivity index (χ1) is 38.4. The van der Waals surface area contributed by atoms with Gasteiger partial charge < -0.3 is 82.7 Å². The summed E-state index contributed by atoms with van der Waals surface area (Å²) in [7, 11) is 0. The van der Waals surface area contributed by atoms with Gasteiger partial charge in [-0.3, -0.25) is 43.2 Å².